The molecule has 3 rings (SSSR count). The van der Waals surface area contributed by atoms with E-state index in [1.54, 1.807) is 6.92 Å². The van der Waals surface area contributed by atoms with E-state index in [0.29, 0.717) is 12.4 Å². The highest BCUT2D eigenvalue weighted by Crippen LogP contribution is 2.21. The standard InChI is InChI=1S/C19H22N2O3/c1-13-7-9-16(10-8-13)24-12-15(23)11-21-18-6-4-3-5-17(18)20-19(21)14(2)22/h3-10,14-15,22-23H,11-12H2,1-2H3/t14-,15-/m1/s1. The molecule has 0 aliphatic heterocycles. The van der Waals surface area contributed by atoms with E-state index < -0.39 is 12.2 Å². The van der Waals surface area contributed by atoms with E-state index in [-0.39, 0.29) is 6.61 Å². The molecule has 0 unspecified atom stereocenters. The molecule has 0 radical (unpaired) electrons. The fourth-order valence-corrected chi connectivity index (χ4v) is 2.70. The molecule has 0 aliphatic carbocycles. The number of imidazole rings is 1. The van der Waals surface area contributed by atoms with Crippen LogP contribution in [0.15, 0.2) is 48.5 Å². The third-order valence-corrected chi connectivity index (χ3v) is 3.91. The Morgan fingerprint density at radius 1 is 1.08 bits per heavy atom. The Kier molecular flexibility index (Phi) is 4.83. The summed E-state index contributed by atoms with van der Waals surface area (Å²) >= 11 is 0. The van der Waals surface area contributed by atoms with Crippen LogP contribution >= 0.6 is 0 Å². The number of benzene rings is 2. The van der Waals surface area contributed by atoms with E-state index in [4.69, 9.17) is 4.74 Å². The van der Waals surface area contributed by atoms with Gasteiger partial charge in [0.25, 0.3) is 0 Å². The first-order valence-electron chi connectivity index (χ1n) is 8.05. The number of nitrogens with zero attached hydrogens (tertiary/aromatic N) is 2. The highest BCUT2D eigenvalue weighted by Gasteiger charge is 2.17. The molecule has 0 amide bonds. The zero-order chi connectivity index (χ0) is 17.1. The van der Waals surface area contributed by atoms with Crippen LogP contribution in [-0.2, 0) is 6.54 Å². The van der Waals surface area contributed by atoms with Crippen LogP contribution in [0.3, 0.4) is 0 Å². The Morgan fingerprint density at radius 2 is 1.79 bits per heavy atom. The number of aliphatic hydroxyl groups excluding tert-OH is 2. The first kappa shape index (κ1) is 16.5. The Hall–Kier alpha value is -2.37. The van der Waals surface area contributed by atoms with Crippen molar-refractivity contribution in [2.24, 2.45) is 0 Å². The lowest BCUT2D eigenvalue weighted by Gasteiger charge is -2.16. The average molecular weight is 326 g/mol. The normalized spacial score (nSPS) is 13.8. The second-order valence-corrected chi connectivity index (χ2v) is 6.02. The maximum Gasteiger partial charge on any atom is 0.138 e. The molecule has 2 atom stereocenters. The van der Waals surface area contributed by atoms with E-state index in [1.165, 1.54) is 0 Å². The number of fused-ring (bicyclic) bond motifs is 1. The highest BCUT2D eigenvalue weighted by atomic mass is 16.5. The zero-order valence-electron chi connectivity index (χ0n) is 13.9. The van der Waals surface area contributed by atoms with Crippen molar-refractivity contribution in [2.45, 2.75) is 32.6 Å². The minimum absolute atomic E-state index is 0.175. The molecule has 1 heterocycles. The van der Waals surface area contributed by atoms with E-state index >= 15 is 0 Å². The molecular formula is C19H22N2O3. The number of aryl methyl sites for hydroxylation is 1. The van der Waals surface area contributed by atoms with Gasteiger partial charge in [-0.2, -0.15) is 0 Å². The van der Waals surface area contributed by atoms with Crippen molar-refractivity contribution in [1.29, 1.82) is 0 Å². The summed E-state index contributed by atoms with van der Waals surface area (Å²) in [6.07, 6.45) is -1.41. The molecule has 0 saturated heterocycles. The maximum atomic E-state index is 10.3. The Bertz CT molecular complexity index is 809. The van der Waals surface area contributed by atoms with E-state index in [1.807, 2.05) is 60.0 Å². The predicted octanol–water partition coefficient (Wildman–Crippen LogP) is 2.84. The first-order valence-corrected chi connectivity index (χ1v) is 8.05. The average Bonchev–Trinajstić information content (AvgIpc) is 2.93. The summed E-state index contributed by atoms with van der Waals surface area (Å²) < 4.78 is 7.49. The van der Waals surface area contributed by atoms with Gasteiger partial charge in [0, 0.05) is 0 Å². The van der Waals surface area contributed by atoms with Crippen LogP contribution in [0, 0.1) is 6.92 Å². The Balaban J connectivity index is 1.73. The SMILES string of the molecule is Cc1ccc(OC[C@H](O)Cn2c([C@@H](C)O)nc3ccccc32)cc1. The minimum atomic E-state index is -0.707. The van der Waals surface area contributed by atoms with Gasteiger partial charge < -0.3 is 19.5 Å². The number of hydrogen-bond acceptors (Lipinski definition) is 4. The second kappa shape index (κ2) is 7.03. The molecule has 5 heteroatoms. The van der Waals surface area contributed by atoms with Gasteiger partial charge in [-0.25, -0.2) is 4.98 Å². The molecule has 126 valence electrons. The molecule has 2 aromatic carbocycles. The van der Waals surface area contributed by atoms with Crippen LogP contribution in [0.5, 0.6) is 5.75 Å². The number of aromatic nitrogens is 2. The Labute approximate surface area is 141 Å². The summed E-state index contributed by atoms with van der Waals surface area (Å²) in [5.74, 6) is 1.27. The molecule has 0 saturated carbocycles. The molecular weight excluding hydrogens is 304 g/mol. The quantitative estimate of drug-likeness (QED) is 0.731. The predicted molar refractivity (Wildman–Crippen MR) is 93.0 cm³/mol. The minimum Gasteiger partial charge on any atom is -0.491 e. The topological polar surface area (TPSA) is 67.5 Å². The lowest BCUT2D eigenvalue weighted by atomic mass is 10.2. The van der Waals surface area contributed by atoms with Crippen LogP contribution in [0.1, 0.15) is 24.4 Å². The van der Waals surface area contributed by atoms with Gasteiger partial charge >= 0.3 is 0 Å². The van der Waals surface area contributed by atoms with E-state index in [9.17, 15) is 10.2 Å². The summed E-state index contributed by atoms with van der Waals surface area (Å²) in [6.45, 7) is 4.18. The largest absolute Gasteiger partial charge is 0.491 e. The maximum absolute atomic E-state index is 10.3. The summed E-state index contributed by atoms with van der Waals surface area (Å²) in [6, 6.07) is 15.4. The van der Waals surface area contributed by atoms with Crippen LogP contribution in [0.4, 0.5) is 0 Å². The summed E-state index contributed by atoms with van der Waals surface area (Å²) in [5.41, 5.74) is 2.86. The van der Waals surface area contributed by atoms with Crippen LogP contribution in [0.25, 0.3) is 11.0 Å². The molecule has 0 fully saturated rings. The van der Waals surface area contributed by atoms with Crippen molar-refractivity contribution < 1.29 is 14.9 Å². The summed E-state index contributed by atoms with van der Waals surface area (Å²) in [5, 5.41) is 20.3. The number of rotatable bonds is 6. The van der Waals surface area contributed by atoms with Crippen LogP contribution in [-0.4, -0.2) is 32.5 Å². The van der Waals surface area contributed by atoms with Gasteiger partial charge in [0.05, 0.1) is 17.6 Å². The third-order valence-electron chi connectivity index (χ3n) is 3.91. The van der Waals surface area contributed by atoms with Gasteiger partial charge in [0.1, 0.15) is 30.4 Å². The lowest BCUT2D eigenvalue weighted by Crippen LogP contribution is -2.25. The number of ether oxygens (including phenoxy) is 1. The van der Waals surface area contributed by atoms with Gasteiger partial charge in [-0.05, 0) is 38.1 Å². The van der Waals surface area contributed by atoms with Crippen molar-refractivity contribution in [3.05, 3.63) is 59.9 Å². The molecule has 0 aliphatic rings. The number of hydrogen-bond donors (Lipinski definition) is 2. The lowest BCUT2D eigenvalue weighted by molar-refractivity contribution is 0.0895. The zero-order valence-corrected chi connectivity index (χ0v) is 13.9. The summed E-state index contributed by atoms with van der Waals surface area (Å²) in [7, 11) is 0. The molecule has 3 aromatic rings. The molecule has 1 aromatic heterocycles. The van der Waals surface area contributed by atoms with E-state index in [2.05, 4.69) is 4.98 Å². The van der Waals surface area contributed by atoms with Crippen molar-refractivity contribution >= 4 is 11.0 Å². The van der Waals surface area contributed by atoms with Gasteiger partial charge in [0.2, 0.25) is 0 Å². The third kappa shape index (κ3) is 3.58. The monoisotopic (exact) mass is 326 g/mol. The van der Waals surface area contributed by atoms with Crippen molar-refractivity contribution in [2.75, 3.05) is 6.61 Å². The second-order valence-electron chi connectivity index (χ2n) is 6.02. The fourth-order valence-electron chi connectivity index (χ4n) is 2.70. The Morgan fingerprint density at radius 3 is 2.50 bits per heavy atom. The van der Waals surface area contributed by atoms with Gasteiger partial charge in [-0.15, -0.1) is 0 Å². The van der Waals surface area contributed by atoms with Crippen LogP contribution in [0.2, 0.25) is 0 Å². The number of aliphatic hydroxyl groups is 2. The van der Waals surface area contributed by atoms with Crippen molar-refractivity contribution in [3.63, 3.8) is 0 Å². The molecule has 5 nitrogen and oxygen atoms in total. The first-order chi connectivity index (χ1) is 11.5. The fraction of sp³-hybridized carbons (Fsp3) is 0.316. The highest BCUT2D eigenvalue weighted by molar-refractivity contribution is 5.76. The van der Waals surface area contributed by atoms with E-state index in [0.717, 1.165) is 22.3 Å². The van der Waals surface area contributed by atoms with Crippen molar-refractivity contribution in [3.8, 4) is 5.75 Å². The molecule has 24 heavy (non-hydrogen) atoms. The summed E-state index contributed by atoms with van der Waals surface area (Å²) in [4.78, 5) is 4.45. The molecule has 0 bridgehead atoms. The molecule has 0 spiro atoms. The smallest absolute Gasteiger partial charge is 0.138 e. The van der Waals surface area contributed by atoms with Gasteiger partial charge in [-0.1, -0.05) is 29.8 Å². The van der Waals surface area contributed by atoms with Crippen LogP contribution < -0.4 is 4.74 Å². The van der Waals surface area contributed by atoms with Crippen molar-refractivity contribution in [1.82, 2.24) is 9.55 Å². The van der Waals surface area contributed by atoms with Gasteiger partial charge in [0.15, 0.2) is 0 Å². The van der Waals surface area contributed by atoms with Gasteiger partial charge in [-0.3, -0.25) is 0 Å². The number of para-hydroxylation sites is 2. The molecule has 2 N–H and O–H groups in total.